The molecule has 0 amide bonds. The number of hydrogen-bond donors (Lipinski definition) is 1. The van der Waals surface area contributed by atoms with Crippen molar-refractivity contribution in [3.8, 4) is 0 Å². The van der Waals surface area contributed by atoms with Crippen molar-refractivity contribution in [2.24, 2.45) is 0 Å². The van der Waals surface area contributed by atoms with Gasteiger partial charge in [0.1, 0.15) is 0 Å². The van der Waals surface area contributed by atoms with Crippen molar-refractivity contribution in [3.05, 3.63) is 71.3 Å². The summed E-state index contributed by atoms with van der Waals surface area (Å²) in [5.74, 6) is 0.0335. The van der Waals surface area contributed by atoms with Gasteiger partial charge in [-0.25, -0.2) is 0 Å². The summed E-state index contributed by atoms with van der Waals surface area (Å²) < 4.78 is 5.56. The van der Waals surface area contributed by atoms with Gasteiger partial charge in [-0.1, -0.05) is 87.7 Å². The molecule has 1 aliphatic rings. The number of nitrogens with zero attached hydrogens (tertiary/aromatic N) is 1. The second kappa shape index (κ2) is 10.9. The molecular formula is C26H37NO2. The zero-order valence-electron chi connectivity index (χ0n) is 18.1. The predicted molar refractivity (Wildman–Crippen MR) is 120 cm³/mol. The topological polar surface area (TPSA) is 32.7 Å². The summed E-state index contributed by atoms with van der Waals surface area (Å²) >= 11 is 0. The number of hydrogen-bond acceptors (Lipinski definition) is 3. The van der Waals surface area contributed by atoms with E-state index >= 15 is 0 Å². The number of aryl methyl sites for hydroxylation is 1. The van der Waals surface area contributed by atoms with E-state index in [1.54, 1.807) is 0 Å². The fraction of sp³-hybridized carbons (Fsp3) is 0.538. The minimum atomic E-state index is -0.874. The van der Waals surface area contributed by atoms with E-state index in [4.69, 9.17) is 4.74 Å². The normalized spacial score (nSPS) is 18.3. The third-order valence-electron chi connectivity index (χ3n) is 6.35. The van der Waals surface area contributed by atoms with Gasteiger partial charge >= 0.3 is 0 Å². The van der Waals surface area contributed by atoms with Crippen LogP contribution in [0.25, 0.3) is 0 Å². The molecule has 2 aromatic carbocycles. The Labute approximate surface area is 176 Å². The Morgan fingerprint density at radius 2 is 1.66 bits per heavy atom. The van der Waals surface area contributed by atoms with E-state index in [1.165, 1.54) is 11.1 Å². The fourth-order valence-corrected chi connectivity index (χ4v) is 4.45. The van der Waals surface area contributed by atoms with Crippen LogP contribution in [0.3, 0.4) is 0 Å². The van der Waals surface area contributed by atoms with Crippen LogP contribution in [0.15, 0.2) is 54.6 Å². The Hall–Kier alpha value is -1.68. The zero-order valence-corrected chi connectivity index (χ0v) is 18.1. The smallest absolute Gasteiger partial charge is 0.0977 e. The lowest BCUT2D eigenvalue weighted by molar-refractivity contribution is -0.0295. The first-order valence-corrected chi connectivity index (χ1v) is 11.3. The van der Waals surface area contributed by atoms with Gasteiger partial charge in [0, 0.05) is 25.6 Å². The van der Waals surface area contributed by atoms with E-state index in [1.807, 2.05) is 0 Å². The van der Waals surface area contributed by atoms with Gasteiger partial charge in [0.2, 0.25) is 0 Å². The molecule has 1 N–H and O–H groups in total. The number of unbranched alkanes of at least 4 members (excludes halogenated alkanes) is 2. The molecule has 3 rings (SSSR count). The van der Waals surface area contributed by atoms with Crippen molar-refractivity contribution >= 4 is 0 Å². The van der Waals surface area contributed by atoms with Crippen molar-refractivity contribution in [1.29, 1.82) is 0 Å². The molecule has 0 aromatic heterocycles. The summed E-state index contributed by atoms with van der Waals surface area (Å²) in [7, 11) is 0. The highest BCUT2D eigenvalue weighted by Crippen LogP contribution is 2.42. The average Bonchev–Trinajstić information content (AvgIpc) is 2.79. The van der Waals surface area contributed by atoms with Crippen LogP contribution in [0.5, 0.6) is 0 Å². The number of rotatable bonds is 10. The zero-order chi connectivity index (χ0) is 20.5. The lowest BCUT2D eigenvalue weighted by atomic mass is 9.73. The van der Waals surface area contributed by atoms with Crippen molar-refractivity contribution < 1.29 is 9.84 Å². The highest BCUT2D eigenvalue weighted by Gasteiger charge is 2.40. The number of ether oxygens (including phenoxy) is 1. The van der Waals surface area contributed by atoms with Crippen LogP contribution in [-0.4, -0.2) is 42.9 Å². The molecule has 0 aliphatic carbocycles. The molecule has 29 heavy (non-hydrogen) atoms. The number of benzene rings is 2. The highest BCUT2D eigenvalue weighted by atomic mass is 16.5. The molecule has 1 fully saturated rings. The van der Waals surface area contributed by atoms with Crippen LogP contribution >= 0.6 is 0 Å². The van der Waals surface area contributed by atoms with E-state index in [0.717, 1.165) is 70.5 Å². The molecule has 0 spiro atoms. The van der Waals surface area contributed by atoms with Crippen LogP contribution in [0.4, 0.5) is 0 Å². The van der Waals surface area contributed by atoms with E-state index in [-0.39, 0.29) is 5.92 Å². The maximum absolute atomic E-state index is 12.3. The first kappa shape index (κ1) is 22.0. The Bertz CT molecular complexity index is 709. The minimum Gasteiger partial charge on any atom is -0.384 e. The maximum Gasteiger partial charge on any atom is 0.0977 e. The molecule has 2 atom stereocenters. The first-order chi connectivity index (χ1) is 14.2. The van der Waals surface area contributed by atoms with Crippen LogP contribution in [0, 0.1) is 0 Å². The SMILES string of the molecule is CCCCC[C@](O)(c1ccc(CC)cc1)[C@H](CN1CCOCC1)c1ccccc1. The van der Waals surface area contributed by atoms with Crippen molar-refractivity contribution in [1.82, 2.24) is 4.90 Å². The molecule has 2 aromatic rings. The van der Waals surface area contributed by atoms with E-state index in [9.17, 15) is 5.11 Å². The minimum absolute atomic E-state index is 0.0335. The average molecular weight is 396 g/mol. The summed E-state index contributed by atoms with van der Waals surface area (Å²) in [4.78, 5) is 2.45. The maximum atomic E-state index is 12.3. The molecule has 0 radical (unpaired) electrons. The molecule has 1 saturated heterocycles. The molecular weight excluding hydrogens is 358 g/mol. The number of aliphatic hydroxyl groups is 1. The first-order valence-electron chi connectivity index (χ1n) is 11.3. The van der Waals surface area contributed by atoms with Gasteiger partial charge in [0.05, 0.1) is 18.8 Å². The number of morpholine rings is 1. The molecule has 1 aliphatic heterocycles. The van der Waals surface area contributed by atoms with Crippen LogP contribution in [0.2, 0.25) is 0 Å². The van der Waals surface area contributed by atoms with Crippen LogP contribution in [-0.2, 0) is 16.8 Å². The van der Waals surface area contributed by atoms with Crippen molar-refractivity contribution in [2.45, 2.75) is 57.5 Å². The van der Waals surface area contributed by atoms with Gasteiger partial charge in [-0.2, -0.15) is 0 Å². The summed E-state index contributed by atoms with van der Waals surface area (Å²) in [5, 5.41) is 12.3. The van der Waals surface area contributed by atoms with Gasteiger partial charge in [-0.05, 0) is 29.5 Å². The lowest BCUT2D eigenvalue weighted by Gasteiger charge is -2.41. The molecule has 1 heterocycles. The third kappa shape index (κ3) is 5.69. The Kier molecular flexibility index (Phi) is 8.29. The lowest BCUT2D eigenvalue weighted by Crippen LogP contribution is -2.45. The molecule has 158 valence electrons. The van der Waals surface area contributed by atoms with E-state index in [2.05, 4.69) is 73.3 Å². The van der Waals surface area contributed by atoms with Crippen LogP contribution in [0.1, 0.15) is 62.1 Å². The van der Waals surface area contributed by atoms with E-state index in [0.29, 0.717) is 0 Å². The monoisotopic (exact) mass is 395 g/mol. The summed E-state index contributed by atoms with van der Waals surface area (Å²) in [6.07, 6.45) is 5.15. The van der Waals surface area contributed by atoms with Gasteiger partial charge in [-0.15, -0.1) is 0 Å². The van der Waals surface area contributed by atoms with Gasteiger partial charge < -0.3 is 9.84 Å². The quantitative estimate of drug-likeness (QED) is 0.566. The molecule has 0 bridgehead atoms. The Balaban J connectivity index is 1.97. The second-order valence-electron chi connectivity index (χ2n) is 8.31. The Morgan fingerprint density at radius 3 is 2.28 bits per heavy atom. The van der Waals surface area contributed by atoms with Gasteiger partial charge in [0.15, 0.2) is 0 Å². The molecule has 3 heteroatoms. The second-order valence-corrected chi connectivity index (χ2v) is 8.31. The third-order valence-corrected chi connectivity index (χ3v) is 6.35. The molecule has 3 nitrogen and oxygen atoms in total. The predicted octanol–water partition coefficient (Wildman–Crippen LogP) is 5.13. The Morgan fingerprint density at radius 1 is 0.966 bits per heavy atom. The van der Waals surface area contributed by atoms with Gasteiger partial charge in [-0.3, -0.25) is 4.90 Å². The summed E-state index contributed by atoms with van der Waals surface area (Å²) in [5.41, 5.74) is 2.71. The highest BCUT2D eigenvalue weighted by molar-refractivity contribution is 5.33. The van der Waals surface area contributed by atoms with E-state index < -0.39 is 5.60 Å². The fourth-order valence-electron chi connectivity index (χ4n) is 4.45. The molecule has 0 saturated carbocycles. The van der Waals surface area contributed by atoms with Gasteiger partial charge in [0.25, 0.3) is 0 Å². The largest absolute Gasteiger partial charge is 0.384 e. The van der Waals surface area contributed by atoms with Crippen molar-refractivity contribution in [3.63, 3.8) is 0 Å². The van der Waals surface area contributed by atoms with Crippen LogP contribution < -0.4 is 0 Å². The molecule has 0 unspecified atom stereocenters. The summed E-state index contributed by atoms with van der Waals surface area (Å²) in [6, 6.07) is 19.3. The van der Waals surface area contributed by atoms with Crippen molar-refractivity contribution in [2.75, 3.05) is 32.8 Å². The standard InChI is InChI=1S/C26H37NO2/c1-3-5-9-16-26(28,24-14-12-22(4-2)13-15-24)25(23-10-7-6-8-11-23)21-27-17-19-29-20-18-27/h6-8,10-15,25,28H,3-5,9,16-21H2,1-2H3/t25-,26+/m1/s1. The summed E-state index contributed by atoms with van der Waals surface area (Å²) in [6.45, 7) is 8.67.